The zero-order valence-corrected chi connectivity index (χ0v) is 10.4. The molecule has 1 aromatic carbocycles. The second-order valence-electron chi connectivity index (χ2n) is 4.76. The van der Waals surface area contributed by atoms with Crippen LogP contribution >= 0.6 is 0 Å². The fourth-order valence-corrected chi connectivity index (χ4v) is 1.60. The first-order valence-corrected chi connectivity index (χ1v) is 6.10. The lowest BCUT2D eigenvalue weighted by Crippen LogP contribution is -2.36. The Balaban J connectivity index is 2.08. The van der Waals surface area contributed by atoms with Crippen LogP contribution < -0.4 is 16.6 Å². The molecule has 1 aliphatic rings. The maximum Gasteiger partial charge on any atom is 0.210 e. The molecule has 17 heavy (non-hydrogen) atoms. The minimum atomic E-state index is 0.446. The molecule has 1 saturated carbocycles. The first-order chi connectivity index (χ1) is 8.19. The quantitative estimate of drug-likeness (QED) is 0.324. The Morgan fingerprint density at radius 2 is 2.18 bits per heavy atom. The van der Waals surface area contributed by atoms with Crippen molar-refractivity contribution in [1.29, 1.82) is 0 Å². The molecular formula is C13H20N4. The van der Waals surface area contributed by atoms with E-state index in [1.807, 2.05) is 12.1 Å². The monoisotopic (exact) mass is 232 g/mol. The van der Waals surface area contributed by atoms with Gasteiger partial charge in [-0.25, -0.2) is 10.8 Å². The average Bonchev–Trinajstić information content (AvgIpc) is 3.12. The average molecular weight is 232 g/mol. The summed E-state index contributed by atoms with van der Waals surface area (Å²) < 4.78 is 0. The number of hydrazine groups is 1. The number of nitrogens with zero attached hydrogens (tertiary/aromatic N) is 1. The van der Waals surface area contributed by atoms with Gasteiger partial charge in [0.1, 0.15) is 0 Å². The van der Waals surface area contributed by atoms with Crippen molar-refractivity contribution in [1.82, 2.24) is 5.43 Å². The highest BCUT2D eigenvalue weighted by Crippen LogP contribution is 2.24. The number of hydrogen-bond acceptors (Lipinski definition) is 2. The lowest BCUT2D eigenvalue weighted by molar-refractivity contribution is 0.867. The third-order valence-electron chi connectivity index (χ3n) is 2.81. The largest absolute Gasteiger partial charge is 0.325 e. The van der Waals surface area contributed by atoms with E-state index in [0.717, 1.165) is 5.69 Å². The number of aliphatic imine (C=N–C) groups is 1. The number of nitrogens with two attached hydrogens (primary N) is 1. The molecule has 1 aromatic rings. The van der Waals surface area contributed by atoms with E-state index < -0.39 is 0 Å². The fourth-order valence-electron chi connectivity index (χ4n) is 1.60. The number of rotatable bonds is 3. The predicted molar refractivity (Wildman–Crippen MR) is 71.9 cm³/mol. The van der Waals surface area contributed by atoms with Crippen molar-refractivity contribution in [2.24, 2.45) is 10.8 Å². The third-order valence-corrected chi connectivity index (χ3v) is 2.81. The van der Waals surface area contributed by atoms with Gasteiger partial charge in [0.25, 0.3) is 0 Å². The molecule has 0 radical (unpaired) electrons. The maximum atomic E-state index is 5.45. The highest BCUT2D eigenvalue weighted by atomic mass is 15.3. The molecule has 92 valence electrons. The van der Waals surface area contributed by atoms with Crippen molar-refractivity contribution in [2.45, 2.75) is 38.6 Å². The van der Waals surface area contributed by atoms with Crippen LogP contribution in [0.1, 0.15) is 38.2 Å². The van der Waals surface area contributed by atoms with Gasteiger partial charge < -0.3 is 5.32 Å². The second-order valence-corrected chi connectivity index (χ2v) is 4.76. The van der Waals surface area contributed by atoms with Crippen LogP contribution in [0.15, 0.2) is 29.3 Å². The van der Waals surface area contributed by atoms with E-state index in [0.29, 0.717) is 17.9 Å². The molecule has 0 saturated heterocycles. The van der Waals surface area contributed by atoms with Gasteiger partial charge in [0, 0.05) is 5.69 Å². The van der Waals surface area contributed by atoms with Crippen molar-refractivity contribution in [2.75, 3.05) is 5.32 Å². The summed E-state index contributed by atoms with van der Waals surface area (Å²) in [5.74, 6) is 6.62. The summed E-state index contributed by atoms with van der Waals surface area (Å²) in [4.78, 5) is 4.45. The van der Waals surface area contributed by atoms with Crippen LogP contribution in [-0.2, 0) is 0 Å². The minimum Gasteiger partial charge on any atom is -0.325 e. The number of nitrogens with one attached hydrogen (secondary N) is 2. The van der Waals surface area contributed by atoms with E-state index in [2.05, 4.69) is 41.7 Å². The lowest BCUT2D eigenvalue weighted by Gasteiger charge is -2.11. The molecule has 0 spiro atoms. The molecule has 4 nitrogen and oxygen atoms in total. The van der Waals surface area contributed by atoms with E-state index in [4.69, 9.17) is 5.84 Å². The highest BCUT2D eigenvalue weighted by molar-refractivity contribution is 5.93. The number of benzene rings is 1. The van der Waals surface area contributed by atoms with E-state index in [-0.39, 0.29) is 0 Å². The standard InChI is InChI=1S/C13H20N4/c1-9(2)10-4-3-5-12(8-10)16-13(17-14)15-11-6-7-11/h3-5,8-9,11H,6-7,14H2,1-2H3,(H2,15,16,17). The molecule has 2 rings (SSSR count). The third kappa shape index (κ3) is 3.46. The molecule has 4 N–H and O–H groups in total. The van der Waals surface area contributed by atoms with E-state index in [9.17, 15) is 0 Å². The molecule has 0 aromatic heterocycles. The zero-order chi connectivity index (χ0) is 12.3. The van der Waals surface area contributed by atoms with Crippen LogP contribution in [-0.4, -0.2) is 12.0 Å². The SMILES string of the molecule is CC(C)c1cccc(NC(=NC2CC2)NN)c1. The highest BCUT2D eigenvalue weighted by Gasteiger charge is 2.20. The molecule has 1 aliphatic carbocycles. The summed E-state index contributed by atoms with van der Waals surface area (Å²) in [5.41, 5.74) is 4.93. The molecule has 0 atom stereocenters. The molecule has 0 amide bonds. The topological polar surface area (TPSA) is 62.4 Å². The molecule has 0 unspecified atom stereocenters. The number of guanidine groups is 1. The molecule has 1 fully saturated rings. The summed E-state index contributed by atoms with van der Waals surface area (Å²) in [6.07, 6.45) is 2.33. The maximum absolute atomic E-state index is 5.45. The Kier molecular flexibility index (Phi) is 3.64. The first kappa shape index (κ1) is 11.9. The Morgan fingerprint density at radius 1 is 1.41 bits per heavy atom. The van der Waals surface area contributed by atoms with Gasteiger partial charge >= 0.3 is 0 Å². The molecule has 0 heterocycles. The van der Waals surface area contributed by atoms with Crippen LogP contribution in [0.5, 0.6) is 0 Å². The van der Waals surface area contributed by atoms with Crippen molar-refractivity contribution >= 4 is 11.6 Å². The van der Waals surface area contributed by atoms with Crippen LogP contribution in [0.2, 0.25) is 0 Å². The van der Waals surface area contributed by atoms with Crippen LogP contribution in [0.4, 0.5) is 5.69 Å². The molecule has 0 bridgehead atoms. The van der Waals surface area contributed by atoms with Crippen molar-refractivity contribution in [3.05, 3.63) is 29.8 Å². The molecule has 4 heteroatoms. The second kappa shape index (κ2) is 5.19. The Bertz CT molecular complexity index is 408. The van der Waals surface area contributed by atoms with Gasteiger partial charge in [0.15, 0.2) is 0 Å². The Hall–Kier alpha value is -1.55. The van der Waals surface area contributed by atoms with Crippen molar-refractivity contribution in [3.63, 3.8) is 0 Å². The van der Waals surface area contributed by atoms with Crippen LogP contribution in [0.3, 0.4) is 0 Å². The summed E-state index contributed by atoms with van der Waals surface area (Å²) in [7, 11) is 0. The van der Waals surface area contributed by atoms with Gasteiger partial charge in [-0.15, -0.1) is 0 Å². The van der Waals surface area contributed by atoms with Gasteiger partial charge in [-0.1, -0.05) is 26.0 Å². The van der Waals surface area contributed by atoms with Crippen LogP contribution in [0.25, 0.3) is 0 Å². The smallest absolute Gasteiger partial charge is 0.210 e. The minimum absolute atomic E-state index is 0.446. The van der Waals surface area contributed by atoms with Gasteiger partial charge in [-0.2, -0.15) is 0 Å². The van der Waals surface area contributed by atoms with Crippen molar-refractivity contribution in [3.8, 4) is 0 Å². The summed E-state index contributed by atoms with van der Waals surface area (Å²) in [6, 6.07) is 8.77. The van der Waals surface area contributed by atoms with Crippen molar-refractivity contribution < 1.29 is 0 Å². The summed E-state index contributed by atoms with van der Waals surface area (Å²) >= 11 is 0. The lowest BCUT2D eigenvalue weighted by atomic mass is 10.0. The summed E-state index contributed by atoms with van der Waals surface area (Å²) in [6.45, 7) is 4.36. The number of anilines is 1. The Morgan fingerprint density at radius 3 is 2.76 bits per heavy atom. The zero-order valence-electron chi connectivity index (χ0n) is 10.4. The van der Waals surface area contributed by atoms with Gasteiger partial charge in [-0.05, 0) is 36.5 Å². The molecular weight excluding hydrogens is 212 g/mol. The molecule has 0 aliphatic heterocycles. The predicted octanol–water partition coefficient (Wildman–Crippen LogP) is 2.20. The number of hydrogen-bond donors (Lipinski definition) is 3. The Labute approximate surface area is 102 Å². The fraction of sp³-hybridized carbons (Fsp3) is 0.462. The first-order valence-electron chi connectivity index (χ1n) is 6.10. The van der Waals surface area contributed by atoms with E-state index in [1.54, 1.807) is 0 Å². The van der Waals surface area contributed by atoms with Gasteiger partial charge in [0.2, 0.25) is 5.96 Å². The van der Waals surface area contributed by atoms with Gasteiger partial charge in [0.05, 0.1) is 6.04 Å². The van der Waals surface area contributed by atoms with E-state index >= 15 is 0 Å². The van der Waals surface area contributed by atoms with Crippen LogP contribution in [0, 0.1) is 0 Å². The van der Waals surface area contributed by atoms with Gasteiger partial charge in [-0.3, -0.25) is 5.43 Å². The van der Waals surface area contributed by atoms with E-state index in [1.165, 1.54) is 18.4 Å². The normalized spacial score (nSPS) is 16.1. The summed E-state index contributed by atoms with van der Waals surface area (Å²) in [5, 5.41) is 3.21.